The SMILES string of the molecule is Cc1ccc(C(=O)N2CCCC3CCCCC32)cn1. The Morgan fingerprint density at radius 2 is 2.00 bits per heavy atom. The number of piperidine rings is 1. The van der Waals surface area contributed by atoms with E-state index in [4.69, 9.17) is 0 Å². The predicted octanol–water partition coefficient (Wildman–Crippen LogP) is 3.18. The molecule has 3 rings (SSSR count). The third-order valence-corrected chi connectivity index (χ3v) is 4.66. The summed E-state index contributed by atoms with van der Waals surface area (Å²) in [6.45, 7) is 2.88. The van der Waals surface area contributed by atoms with E-state index >= 15 is 0 Å². The second kappa shape index (κ2) is 5.32. The molecule has 1 aliphatic carbocycles. The van der Waals surface area contributed by atoms with Gasteiger partial charge in [-0.3, -0.25) is 9.78 Å². The average molecular weight is 258 g/mol. The molecular weight excluding hydrogens is 236 g/mol. The molecule has 2 heterocycles. The van der Waals surface area contributed by atoms with Crippen LogP contribution in [0, 0.1) is 12.8 Å². The normalized spacial score (nSPS) is 26.9. The Hall–Kier alpha value is -1.38. The molecule has 1 aromatic heterocycles. The van der Waals surface area contributed by atoms with Crippen LogP contribution in [0.5, 0.6) is 0 Å². The Bertz CT molecular complexity index is 452. The lowest BCUT2D eigenvalue weighted by Gasteiger charge is -2.44. The molecule has 2 aliphatic rings. The van der Waals surface area contributed by atoms with Crippen LogP contribution in [0.4, 0.5) is 0 Å². The number of nitrogens with zero attached hydrogens (tertiary/aromatic N) is 2. The number of hydrogen-bond acceptors (Lipinski definition) is 2. The van der Waals surface area contributed by atoms with Crippen LogP contribution in [0.3, 0.4) is 0 Å². The average Bonchev–Trinajstić information content (AvgIpc) is 2.47. The molecule has 3 heteroatoms. The lowest BCUT2D eigenvalue weighted by atomic mass is 9.78. The van der Waals surface area contributed by atoms with Crippen molar-refractivity contribution in [1.29, 1.82) is 0 Å². The number of rotatable bonds is 1. The van der Waals surface area contributed by atoms with Gasteiger partial charge in [0, 0.05) is 24.5 Å². The summed E-state index contributed by atoms with van der Waals surface area (Å²) in [5, 5.41) is 0. The van der Waals surface area contributed by atoms with Crippen LogP contribution in [-0.2, 0) is 0 Å². The maximum atomic E-state index is 12.7. The summed E-state index contributed by atoms with van der Waals surface area (Å²) in [5.74, 6) is 0.925. The van der Waals surface area contributed by atoms with Crippen LogP contribution in [0.1, 0.15) is 54.6 Å². The molecule has 1 saturated carbocycles. The first-order chi connectivity index (χ1) is 9.25. The maximum Gasteiger partial charge on any atom is 0.255 e. The summed E-state index contributed by atoms with van der Waals surface area (Å²) in [5.41, 5.74) is 1.71. The monoisotopic (exact) mass is 258 g/mol. The van der Waals surface area contributed by atoms with E-state index in [0.29, 0.717) is 6.04 Å². The van der Waals surface area contributed by atoms with Gasteiger partial charge in [0.2, 0.25) is 0 Å². The maximum absolute atomic E-state index is 12.7. The van der Waals surface area contributed by atoms with Crippen molar-refractivity contribution in [1.82, 2.24) is 9.88 Å². The van der Waals surface area contributed by atoms with Gasteiger partial charge >= 0.3 is 0 Å². The molecule has 1 aliphatic heterocycles. The summed E-state index contributed by atoms with van der Waals surface area (Å²) in [6.07, 6.45) is 9.31. The van der Waals surface area contributed by atoms with Crippen molar-refractivity contribution in [3.05, 3.63) is 29.6 Å². The van der Waals surface area contributed by atoms with E-state index in [1.165, 1.54) is 32.1 Å². The highest BCUT2D eigenvalue weighted by molar-refractivity contribution is 5.94. The van der Waals surface area contributed by atoms with Gasteiger partial charge in [-0.2, -0.15) is 0 Å². The molecule has 102 valence electrons. The van der Waals surface area contributed by atoms with Crippen molar-refractivity contribution in [3.8, 4) is 0 Å². The van der Waals surface area contributed by atoms with Gasteiger partial charge in [0.05, 0.1) is 5.56 Å². The van der Waals surface area contributed by atoms with Gasteiger partial charge in [0.15, 0.2) is 0 Å². The fourth-order valence-corrected chi connectivity index (χ4v) is 3.64. The topological polar surface area (TPSA) is 33.2 Å². The first-order valence-corrected chi connectivity index (χ1v) is 7.49. The van der Waals surface area contributed by atoms with Crippen molar-refractivity contribution in [2.24, 2.45) is 5.92 Å². The zero-order chi connectivity index (χ0) is 13.2. The smallest absolute Gasteiger partial charge is 0.255 e. The van der Waals surface area contributed by atoms with E-state index in [1.54, 1.807) is 6.20 Å². The van der Waals surface area contributed by atoms with Crippen molar-refractivity contribution in [2.75, 3.05) is 6.54 Å². The number of pyridine rings is 1. The zero-order valence-electron chi connectivity index (χ0n) is 11.6. The minimum atomic E-state index is 0.184. The van der Waals surface area contributed by atoms with E-state index < -0.39 is 0 Å². The summed E-state index contributed by atoms with van der Waals surface area (Å²) in [4.78, 5) is 19.0. The van der Waals surface area contributed by atoms with Crippen LogP contribution in [-0.4, -0.2) is 28.4 Å². The molecule has 1 saturated heterocycles. The molecule has 0 bridgehead atoms. The molecule has 2 fully saturated rings. The van der Waals surface area contributed by atoms with Crippen molar-refractivity contribution in [2.45, 2.75) is 51.5 Å². The van der Waals surface area contributed by atoms with E-state index in [1.807, 2.05) is 19.1 Å². The van der Waals surface area contributed by atoms with Gasteiger partial charge in [-0.15, -0.1) is 0 Å². The summed E-state index contributed by atoms with van der Waals surface area (Å²) >= 11 is 0. The molecule has 3 nitrogen and oxygen atoms in total. The lowest BCUT2D eigenvalue weighted by molar-refractivity contribution is 0.0390. The first kappa shape index (κ1) is 12.6. The Balaban J connectivity index is 1.79. The molecule has 1 amide bonds. The standard InChI is InChI=1S/C16H22N2O/c1-12-8-9-14(11-17-12)16(19)18-10-4-6-13-5-2-3-7-15(13)18/h8-9,11,13,15H,2-7,10H2,1H3. The zero-order valence-corrected chi connectivity index (χ0v) is 11.6. The number of likely N-dealkylation sites (tertiary alicyclic amines) is 1. The summed E-state index contributed by atoms with van der Waals surface area (Å²) < 4.78 is 0. The number of carbonyl (C=O) groups is 1. The van der Waals surface area contributed by atoms with E-state index in [0.717, 1.165) is 30.1 Å². The number of aryl methyl sites for hydroxylation is 1. The minimum Gasteiger partial charge on any atom is -0.335 e. The largest absolute Gasteiger partial charge is 0.335 e. The van der Waals surface area contributed by atoms with Crippen LogP contribution in [0.15, 0.2) is 18.3 Å². The first-order valence-electron chi connectivity index (χ1n) is 7.49. The molecule has 0 spiro atoms. The van der Waals surface area contributed by atoms with Gasteiger partial charge < -0.3 is 4.90 Å². The third-order valence-electron chi connectivity index (χ3n) is 4.66. The quantitative estimate of drug-likeness (QED) is 0.775. The van der Waals surface area contributed by atoms with Crippen molar-refractivity contribution in [3.63, 3.8) is 0 Å². The highest BCUT2D eigenvalue weighted by Crippen LogP contribution is 2.35. The van der Waals surface area contributed by atoms with Gasteiger partial charge in [0.1, 0.15) is 0 Å². The predicted molar refractivity (Wildman–Crippen MR) is 75.0 cm³/mol. The second-order valence-corrected chi connectivity index (χ2v) is 5.94. The fraction of sp³-hybridized carbons (Fsp3) is 0.625. The Morgan fingerprint density at radius 3 is 2.79 bits per heavy atom. The van der Waals surface area contributed by atoms with Crippen LogP contribution < -0.4 is 0 Å². The van der Waals surface area contributed by atoms with E-state index in [2.05, 4.69) is 9.88 Å². The van der Waals surface area contributed by atoms with Crippen molar-refractivity contribution < 1.29 is 4.79 Å². The van der Waals surface area contributed by atoms with Crippen LogP contribution >= 0.6 is 0 Å². The van der Waals surface area contributed by atoms with Crippen molar-refractivity contribution >= 4 is 5.91 Å². The molecule has 2 unspecified atom stereocenters. The highest BCUT2D eigenvalue weighted by atomic mass is 16.2. The Kier molecular flexibility index (Phi) is 3.54. The third kappa shape index (κ3) is 2.51. The summed E-state index contributed by atoms with van der Waals surface area (Å²) in [6, 6.07) is 4.32. The Morgan fingerprint density at radius 1 is 1.21 bits per heavy atom. The number of amides is 1. The molecule has 0 N–H and O–H groups in total. The lowest BCUT2D eigenvalue weighted by Crippen LogP contribution is -2.49. The van der Waals surface area contributed by atoms with Gasteiger partial charge in [-0.05, 0) is 50.7 Å². The van der Waals surface area contributed by atoms with Gasteiger partial charge in [0.25, 0.3) is 5.91 Å². The highest BCUT2D eigenvalue weighted by Gasteiger charge is 2.35. The van der Waals surface area contributed by atoms with Gasteiger partial charge in [-0.25, -0.2) is 0 Å². The molecule has 0 aromatic carbocycles. The molecular formula is C16H22N2O. The number of carbonyl (C=O) groups excluding carboxylic acids is 1. The van der Waals surface area contributed by atoms with E-state index in [-0.39, 0.29) is 5.91 Å². The molecule has 2 atom stereocenters. The number of aromatic nitrogens is 1. The van der Waals surface area contributed by atoms with E-state index in [9.17, 15) is 4.79 Å². The second-order valence-electron chi connectivity index (χ2n) is 5.94. The minimum absolute atomic E-state index is 0.184. The number of hydrogen-bond donors (Lipinski definition) is 0. The number of fused-ring (bicyclic) bond motifs is 1. The Labute approximate surface area is 115 Å². The van der Waals surface area contributed by atoms with Gasteiger partial charge in [-0.1, -0.05) is 12.8 Å². The molecule has 0 radical (unpaired) electrons. The summed E-state index contributed by atoms with van der Waals surface area (Å²) in [7, 11) is 0. The molecule has 19 heavy (non-hydrogen) atoms. The van der Waals surface area contributed by atoms with Crippen LogP contribution in [0.25, 0.3) is 0 Å². The molecule has 1 aromatic rings. The van der Waals surface area contributed by atoms with Crippen LogP contribution in [0.2, 0.25) is 0 Å². The fourth-order valence-electron chi connectivity index (χ4n) is 3.64.